The van der Waals surface area contributed by atoms with E-state index in [4.69, 9.17) is 4.74 Å². The summed E-state index contributed by atoms with van der Waals surface area (Å²) in [4.78, 5) is 12.4. The molecule has 2 saturated carbocycles. The minimum Gasteiger partial charge on any atom is -0.459 e. The molecule has 0 atom stereocenters. The Bertz CT molecular complexity index is 733. The number of hydrogen-bond donors (Lipinski definition) is 0. The normalized spacial score (nSPS) is 26.7. The largest absolute Gasteiger partial charge is 0.459 e. The predicted molar refractivity (Wildman–Crippen MR) is 124 cm³/mol. The van der Waals surface area contributed by atoms with Crippen LogP contribution in [0.2, 0.25) is 0 Å². The highest BCUT2D eigenvalue weighted by Gasteiger charge is 2.23. The van der Waals surface area contributed by atoms with Crippen molar-refractivity contribution in [3.05, 3.63) is 47.5 Å². The number of carbonyl (C=O) groups is 1. The van der Waals surface area contributed by atoms with Gasteiger partial charge in [-0.05, 0) is 93.4 Å². The lowest BCUT2D eigenvalue weighted by molar-refractivity contribution is 0.0188. The fourth-order valence-electron chi connectivity index (χ4n) is 4.85. The average molecular weight is 407 g/mol. The summed E-state index contributed by atoms with van der Waals surface area (Å²) < 4.78 is 5.73. The van der Waals surface area contributed by atoms with Gasteiger partial charge in [0.1, 0.15) is 6.10 Å². The number of carbonyl (C=O) groups excluding carboxylic acids is 1. The summed E-state index contributed by atoms with van der Waals surface area (Å²) in [5.74, 6) is 8.67. The maximum Gasteiger partial charge on any atom is 0.338 e. The van der Waals surface area contributed by atoms with Gasteiger partial charge in [-0.3, -0.25) is 0 Å². The van der Waals surface area contributed by atoms with Crippen molar-refractivity contribution in [2.45, 2.75) is 90.6 Å². The van der Waals surface area contributed by atoms with Crippen LogP contribution in [0.5, 0.6) is 0 Å². The van der Waals surface area contributed by atoms with Gasteiger partial charge in [0.05, 0.1) is 5.56 Å². The Labute approximate surface area is 183 Å². The first-order valence-electron chi connectivity index (χ1n) is 12.2. The van der Waals surface area contributed by atoms with Gasteiger partial charge in [-0.15, -0.1) is 0 Å². The van der Waals surface area contributed by atoms with E-state index in [-0.39, 0.29) is 12.1 Å². The molecule has 0 unspecified atom stereocenters. The summed E-state index contributed by atoms with van der Waals surface area (Å²) in [6.45, 7) is 4.41. The summed E-state index contributed by atoms with van der Waals surface area (Å²) in [7, 11) is 0. The number of aryl methyl sites for hydroxylation is 1. The lowest BCUT2D eigenvalue weighted by Crippen LogP contribution is -2.24. The second-order valence-electron chi connectivity index (χ2n) is 9.15. The number of hydrogen-bond acceptors (Lipinski definition) is 2. The molecule has 0 radical (unpaired) electrons. The van der Waals surface area contributed by atoms with Crippen molar-refractivity contribution in [3.63, 3.8) is 0 Å². The molecule has 2 aliphatic rings. The molecular formula is C28H38O2. The topological polar surface area (TPSA) is 26.3 Å². The number of rotatable bonds is 6. The van der Waals surface area contributed by atoms with Crippen molar-refractivity contribution in [2.75, 3.05) is 0 Å². The lowest BCUT2D eigenvalue weighted by Gasteiger charge is -2.26. The van der Waals surface area contributed by atoms with Crippen LogP contribution in [0.4, 0.5) is 0 Å². The van der Waals surface area contributed by atoms with Crippen LogP contribution < -0.4 is 0 Å². The standard InChI is InChI=1S/C28H38O2/c1-3-7-23-10-12-24(13-11-23)8-5-6-9-25-16-20-27(21-17-25)30-28(29)26-18-14-22(4-2)15-19-26/h5,8,14-15,18-19,23-25,27H,3-4,7,10-13,16-17,20-21H2,1-2H3. The van der Waals surface area contributed by atoms with Crippen LogP contribution in [0.15, 0.2) is 36.4 Å². The van der Waals surface area contributed by atoms with Crippen molar-refractivity contribution >= 4 is 5.97 Å². The van der Waals surface area contributed by atoms with Gasteiger partial charge >= 0.3 is 5.97 Å². The Balaban J connectivity index is 1.36. The molecule has 3 rings (SSSR count). The van der Waals surface area contributed by atoms with Crippen molar-refractivity contribution in [3.8, 4) is 11.8 Å². The maximum atomic E-state index is 12.4. The number of esters is 1. The minimum absolute atomic E-state index is 0.0373. The highest BCUT2D eigenvalue weighted by Crippen LogP contribution is 2.32. The molecule has 0 heterocycles. The molecule has 30 heavy (non-hydrogen) atoms. The molecule has 2 aliphatic carbocycles. The molecule has 0 bridgehead atoms. The van der Waals surface area contributed by atoms with Crippen molar-refractivity contribution in [1.29, 1.82) is 0 Å². The van der Waals surface area contributed by atoms with Crippen molar-refractivity contribution in [2.24, 2.45) is 17.8 Å². The molecule has 0 N–H and O–H groups in total. The van der Waals surface area contributed by atoms with Gasteiger partial charge in [0.2, 0.25) is 0 Å². The van der Waals surface area contributed by atoms with Gasteiger partial charge in [0, 0.05) is 5.92 Å². The van der Waals surface area contributed by atoms with Crippen LogP contribution in [0.3, 0.4) is 0 Å². The van der Waals surface area contributed by atoms with Crippen molar-refractivity contribution < 1.29 is 9.53 Å². The number of benzene rings is 1. The maximum absolute atomic E-state index is 12.4. The first-order valence-corrected chi connectivity index (χ1v) is 12.2. The summed E-state index contributed by atoms with van der Waals surface area (Å²) in [5.41, 5.74) is 1.90. The van der Waals surface area contributed by atoms with Gasteiger partial charge in [-0.25, -0.2) is 4.79 Å². The Hall–Kier alpha value is -2.01. The van der Waals surface area contributed by atoms with E-state index in [0.29, 0.717) is 11.5 Å². The molecule has 162 valence electrons. The molecule has 0 saturated heterocycles. The van der Waals surface area contributed by atoms with E-state index in [1.165, 1.54) is 44.1 Å². The first kappa shape index (κ1) is 22.7. The van der Waals surface area contributed by atoms with Gasteiger partial charge in [-0.1, -0.05) is 56.7 Å². The van der Waals surface area contributed by atoms with E-state index in [0.717, 1.165) is 43.9 Å². The fourth-order valence-corrected chi connectivity index (χ4v) is 4.85. The minimum atomic E-state index is -0.191. The predicted octanol–water partition coefficient (Wildman–Crippen LogP) is 7.13. The highest BCUT2D eigenvalue weighted by molar-refractivity contribution is 5.89. The smallest absolute Gasteiger partial charge is 0.338 e. The van der Waals surface area contributed by atoms with E-state index in [9.17, 15) is 4.79 Å². The molecule has 2 heteroatoms. The van der Waals surface area contributed by atoms with Crippen LogP contribution in [-0.2, 0) is 11.2 Å². The molecule has 1 aromatic rings. The third-order valence-corrected chi connectivity index (χ3v) is 6.87. The van der Waals surface area contributed by atoms with E-state index >= 15 is 0 Å². The first-order chi connectivity index (χ1) is 14.7. The quantitative estimate of drug-likeness (QED) is 0.371. The second-order valence-corrected chi connectivity index (χ2v) is 9.15. The highest BCUT2D eigenvalue weighted by atomic mass is 16.5. The number of allylic oxidation sites excluding steroid dienone is 2. The van der Waals surface area contributed by atoms with E-state index < -0.39 is 0 Å². The van der Waals surface area contributed by atoms with Gasteiger partial charge in [0.25, 0.3) is 0 Å². The summed E-state index contributed by atoms with van der Waals surface area (Å²) in [6, 6.07) is 7.77. The SMILES string of the molecule is CCCC1CCC(C=CC#CC2CCC(OC(=O)c3ccc(CC)cc3)CC2)CC1. The summed E-state index contributed by atoms with van der Waals surface area (Å²) in [6.07, 6.45) is 17.5. The molecule has 2 nitrogen and oxygen atoms in total. The van der Waals surface area contributed by atoms with Gasteiger partial charge in [-0.2, -0.15) is 0 Å². The van der Waals surface area contributed by atoms with Crippen LogP contribution >= 0.6 is 0 Å². The van der Waals surface area contributed by atoms with Crippen LogP contribution in [0.25, 0.3) is 0 Å². The zero-order chi connectivity index (χ0) is 21.2. The van der Waals surface area contributed by atoms with Gasteiger partial charge < -0.3 is 4.74 Å². The molecule has 1 aromatic carbocycles. The molecular weight excluding hydrogens is 368 g/mol. The zero-order valence-corrected chi connectivity index (χ0v) is 18.9. The average Bonchev–Trinajstić information content (AvgIpc) is 2.79. The lowest BCUT2D eigenvalue weighted by atomic mass is 9.80. The Morgan fingerprint density at radius 1 is 1.00 bits per heavy atom. The Morgan fingerprint density at radius 3 is 2.33 bits per heavy atom. The zero-order valence-electron chi connectivity index (χ0n) is 18.9. The molecule has 0 aliphatic heterocycles. The third kappa shape index (κ3) is 7.05. The van der Waals surface area contributed by atoms with Crippen LogP contribution in [-0.4, -0.2) is 12.1 Å². The van der Waals surface area contributed by atoms with Crippen LogP contribution in [0.1, 0.15) is 94.0 Å². The second kappa shape index (κ2) is 12.0. The third-order valence-electron chi connectivity index (χ3n) is 6.87. The molecule has 0 spiro atoms. The Kier molecular flexibility index (Phi) is 9.06. The summed E-state index contributed by atoms with van der Waals surface area (Å²) >= 11 is 0. The van der Waals surface area contributed by atoms with Gasteiger partial charge in [0.15, 0.2) is 0 Å². The fraction of sp³-hybridized carbons (Fsp3) is 0.607. The van der Waals surface area contributed by atoms with E-state index in [2.05, 4.69) is 37.8 Å². The number of ether oxygens (including phenoxy) is 1. The Morgan fingerprint density at radius 2 is 1.70 bits per heavy atom. The molecule has 0 amide bonds. The van der Waals surface area contributed by atoms with E-state index in [1.807, 2.05) is 24.3 Å². The van der Waals surface area contributed by atoms with E-state index in [1.54, 1.807) is 0 Å². The molecule has 2 fully saturated rings. The van der Waals surface area contributed by atoms with Crippen molar-refractivity contribution in [1.82, 2.24) is 0 Å². The van der Waals surface area contributed by atoms with Crippen LogP contribution in [0, 0.1) is 29.6 Å². The monoisotopic (exact) mass is 406 g/mol. The summed E-state index contributed by atoms with van der Waals surface area (Å²) in [5, 5.41) is 0. The molecule has 0 aromatic heterocycles.